The lowest BCUT2D eigenvalue weighted by molar-refractivity contribution is -0.132. The van der Waals surface area contributed by atoms with Gasteiger partial charge in [0.1, 0.15) is 11.9 Å². The van der Waals surface area contributed by atoms with Crippen molar-refractivity contribution in [2.24, 2.45) is 0 Å². The molecule has 1 amide bonds. The van der Waals surface area contributed by atoms with Gasteiger partial charge in [-0.2, -0.15) is 4.98 Å². The molecule has 0 N–H and O–H groups in total. The summed E-state index contributed by atoms with van der Waals surface area (Å²) in [7, 11) is 3.78. The van der Waals surface area contributed by atoms with Crippen LogP contribution >= 0.6 is 0 Å². The average molecular weight is 306 g/mol. The Morgan fingerprint density at radius 2 is 2.14 bits per heavy atom. The number of Topliss-reactive ketones (excluding diaryl/α,β-unsaturated/α-hetero) is 1. The summed E-state index contributed by atoms with van der Waals surface area (Å²) in [4.78, 5) is 35.0. The van der Waals surface area contributed by atoms with E-state index in [-0.39, 0.29) is 24.2 Å². The van der Waals surface area contributed by atoms with Gasteiger partial charge in [-0.1, -0.05) is 0 Å². The Balaban J connectivity index is 1.87. The van der Waals surface area contributed by atoms with E-state index in [4.69, 9.17) is 4.74 Å². The second-order valence-electron chi connectivity index (χ2n) is 5.68. The summed E-state index contributed by atoms with van der Waals surface area (Å²) in [5.74, 6) is 1.24. The number of carbonyl (C=O) groups is 2. The van der Waals surface area contributed by atoms with Crippen molar-refractivity contribution in [1.29, 1.82) is 0 Å². The first kappa shape index (κ1) is 16.2. The molecule has 2 heterocycles. The van der Waals surface area contributed by atoms with Gasteiger partial charge in [0, 0.05) is 39.9 Å². The van der Waals surface area contributed by atoms with Crippen LogP contribution in [0.25, 0.3) is 0 Å². The van der Waals surface area contributed by atoms with Crippen molar-refractivity contribution in [3.63, 3.8) is 0 Å². The summed E-state index contributed by atoms with van der Waals surface area (Å²) >= 11 is 0. The molecule has 22 heavy (non-hydrogen) atoms. The molecule has 2 rings (SSSR count). The standard InChI is InChI=1S/C15H22N4O3/c1-11(20)4-5-15(21)19-7-6-12(10-19)22-14-9-16-8-13(17-14)18(2)3/h8-9,12H,4-7,10H2,1-3H3. The number of nitrogens with zero attached hydrogens (tertiary/aromatic N) is 4. The molecule has 0 spiro atoms. The van der Waals surface area contributed by atoms with E-state index in [1.807, 2.05) is 19.0 Å². The lowest BCUT2D eigenvalue weighted by Crippen LogP contribution is -2.31. The van der Waals surface area contributed by atoms with Gasteiger partial charge < -0.3 is 19.3 Å². The van der Waals surface area contributed by atoms with Crippen LogP contribution in [0.4, 0.5) is 5.82 Å². The SMILES string of the molecule is CC(=O)CCC(=O)N1CCC(Oc2cncc(N(C)C)n2)C1. The molecular formula is C15H22N4O3. The zero-order valence-corrected chi connectivity index (χ0v) is 13.3. The molecule has 0 bridgehead atoms. The summed E-state index contributed by atoms with van der Waals surface area (Å²) in [6.07, 6.45) is 4.51. The van der Waals surface area contributed by atoms with Gasteiger partial charge in [-0.15, -0.1) is 0 Å². The molecule has 0 radical (unpaired) electrons. The van der Waals surface area contributed by atoms with Gasteiger partial charge in [0.15, 0.2) is 5.82 Å². The van der Waals surface area contributed by atoms with E-state index in [1.54, 1.807) is 17.3 Å². The Labute approximate surface area is 130 Å². The maximum atomic E-state index is 12.0. The number of carbonyl (C=O) groups excluding carboxylic acids is 2. The quantitative estimate of drug-likeness (QED) is 0.777. The summed E-state index contributed by atoms with van der Waals surface area (Å²) in [6, 6.07) is 0. The van der Waals surface area contributed by atoms with Crippen molar-refractivity contribution in [3.05, 3.63) is 12.4 Å². The zero-order valence-electron chi connectivity index (χ0n) is 13.3. The van der Waals surface area contributed by atoms with Crippen molar-refractivity contribution in [3.8, 4) is 5.88 Å². The van der Waals surface area contributed by atoms with E-state index in [0.29, 0.717) is 25.4 Å². The minimum atomic E-state index is -0.0759. The number of ketones is 1. The van der Waals surface area contributed by atoms with Gasteiger partial charge in [0.05, 0.1) is 18.9 Å². The minimum absolute atomic E-state index is 0.00873. The van der Waals surface area contributed by atoms with Crippen molar-refractivity contribution in [2.45, 2.75) is 32.3 Å². The minimum Gasteiger partial charge on any atom is -0.471 e. The fourth-order valence-electron chi connectivity index (χ4n) is 2.27. The fourth-order valence-corrected chi connectivity index (χ4v) is 2.27. The van der Waals surface area contributed by atoms with E-state index in [2.05, 4.69) is 9.97 Å². The molecule has 1 saturated heterocycles. The second-order valence-corrected chi connectivity index (χ2v) is 5.68. The van der Waals surface area contributed by atoms with Gasteiger partial charge >= 0.3 is 0 Å². The number of hydrogen-bond donors (Lipinski definition) is 0. The van der Waals surface area contributed by atoms with Crippen molar-refractivity contribution >= 4 is 17.5 Å². The molecule has 1 aromatic heterocycles. The fraction of sp³-hybridized carbons (Fsp3) is 0.600. The average Bonchev–Trinajstić information content (AvgIpc) is 2.93. The Kier molecular flexibility index (Phi) is 5.30. The molecule has 1 fully saturated rings. The van der Waals surface area contributed by atoms with Crippen LogP contribution in [-0.4, -0.2) is 59.8 Å². The first-order chi connectivity index (χ1) is 10.5. The molecule has 7 heteroatoms. The van der Waals surface area contributed by atoms with Gasteiger partial charge in [0.25, 0.3) is 0 Å². The highest BCUT2D eigenvalue weighted by atomic mass is 16.5. The normalized spacial score (nSPS) is 17.4. The number of rotatable bonds is 6. The first-order valence-corrected chi connectivity index (χ1v) is 7.39. The number of likely N-dealkylation sites (tertiary alicyclic amines) is 1. The smallest absolute Gasteiger partial charge is 0.234 e. The van der Waals surface area contributed by atoms with Crippen molar-refractivity contribution in [1.82, 2.24) is 14.9 Å². The molecule has 1 atom stereocenters. The number of hydrogen-bond acceptors (Lipinski definition) is 6. The molecule has 0 saturated carbocycles. The number of ether oxygens (including phenoxy) is 1. The van der Waals surface area contributed by atoms with Gasteiger partial charge in [-0.25, -0.2) is 0 Å². The van der Waals surface area contributed by atoms with Crippen LogP contribution in [0.15, 0.2) is 12.4 Å². The molecule has 1 aromatic rings. The topological polar surface area (TPSA) is 75.6 Å². The van der Waals surface area contributed by atoms with Crippen LogP contribution in [0.5, 0.6) is 5.88 Å². The maximum Gasteiger partial charge on any atom is 0.234 e. The highest BCUT2D eigenvalue weighted by molar-refractivity contribution is 5.83. The molecule has 120 valence electrons. The monoisotopic (exact) mass is 306 g/mol. The molecule has 7 nitrogen and oxygen atoms in total. The third-order valence-corrected chi connectivity index (χ3v) is 3.53. The summed E-state index contributed by atoms with van der Waals surface area (Å²) in [6.45, 7) is 2.69. The Morgan fingerprint density at radius 1 is 1.36 bits per heavy atom. The molecule has 0 aromatic carbocycles. The van der Waals surface area contributed by atoms with E-state index in [1.165, 1.54) is 6.92 Å². The Bertz CT molecular complexity index is 547. The van der Waals surface area contributed by atoms with Crippen LogP contribution in [0.3, 0.4) is 0 Å². The third-order valence-electron chi connectivity index (χ3n) is 3.53. The van der Waals surface area contributed by atoms with Crippen LogP contribution in [0.2, 0.25) is 0 Å². The highest BCUT2D eigenvalue weighted by Gasteiger charge is 2.27. The largest absolute Gasteiger partial charge is 0.471 e. The van der Waals surface area contributed by atoms with E-state index in [0.717, 1.165) is 12.2 Å². The predicted molar refractivity (Wildman–Crippen MR) is 81.9 cm³/mol. The lowest BCUT2D eigenvalue weighted by Gasteiger charge is -2.17. The Morgan fingerprint density at radius 3 is 2.82 bits per heavy atom. The first-order valence-electron chi connectivity index (χ1n) is 7.39. The predicted octanol–water partition coefficient (Wildman–Crippen LogP) is 0.891. The number of amides is 1. The van der Waals surface area contributed by atoms with Crippen LogP contribution in [0, 0.1) is 0 Å². The van der Waals surface area contributed by atoms with Gasteiger partial charge in [0.2, 0.25) is 11.8 Å². The van der Waals surface area contributed by atoms with Crippen LogP contribution in [-0.2, 0) is 9.59 Å². The number of aromatic nitrogens is 2. The Hall–Kier alpha value is -2.18. The van der Waals surface area contributed by atoms with Gasteiger partial charge in [-0.05, 0) is 6.92 Å². The molecule has 1 unspecified atom stereocenters. The highest BCUT2D eigenvalue weighted by Crippen LogP contribution is 2.18. The summed E-state index contributed by atoms with van der Waals surface area (Å²) in [5.41, 5.74) is 0. The summed E-state index contributed by atoms with van der Waals surface area (Å²) in [5, 5.41) is 0. The molecule has 1 aliphatic heterocycles. The second kappa shape index (κ2) is 7.20. The maximum absolute atomic E-state index is 12.0. The van der Waals surface area contributed by atoms with Crippen molar-refractivity contribution < 1.29 is 14.3 Å². The third kappa shape index (κ3) is 4.41. The van der Waals surface area contributed by atoms with Crippen LogP contribution in [0.1, 0.15) is 26.2 Å². The van der Waals surface area contributed by atoms with E-state index < -0.39 is 0 Å². The summed E-state index contributed by atoms with van der Waals surface area (Å²) < 4.78 is 5.81. The van der Waals surface area contributed by atoms with E-state index in [9.17, 15) is 9.59 Å². The van der Waals surface area contributed by atoms with Gasteiger partial charge in [-0.3, -0.25) is 9.78 Å². The molecule has 0 aliphatic carbocycles. The molecule has 1 aliphatic rings. The number of anilines is 1. The van der Waals surface area contributed by atoms with Crippen molar-refractivity contribution in [2.75, 3.05) is 32.1 Å². The van der Waals surface area contributed by atoms with E-state index >= 15 is 0 Å². The van der Waals surface area contributed by atoms with Crippen LogP contribution < -0.4 is 9.64 Å². The molecular weight excluding hydrogens is 284 g/mol. The lowest BCUT2D eigenvalue weighted by atomic mass is 10.2. The zero-order chi connectivity index (χ0) is 16.1.